The predicted molar refractivity (Wildman–Crippen MR) is 91.0 cm³/mol. The van der Waals surface area contributed by atoms with Crippen molar-refractivity contribution in [2.75, 3.05) is 19.7 Å². The molecule has 2 aliphatic rings. The number of nitrogens with zero attached hydrogens (tertiary/aromatic N) is 4. The van der Waals surface area contributed by atoms with Gasteiger partial charge >= 0.3 is 0 Å². The highest BCUT2D eigenvalue weighted by Gasteiger charge is 2.27. The van der Waals surface area contributed by atoms with Gasteiger partial charge in [-0.1, -0.05) is 0 Å². The van der Waals surface area contributed by atoms with E-state index in [0.717, 1.165) is 44.2 Å². The van der Waals surface area contributed by atoms with E-state index in [-0.39, 0.29) is 11.8 Å². The summed E-state index contributed by atoms with van der Waals surface area (Å²) in [6.45, 7) is 4.92. The number of hydrogen-bond donors (Lipinski definition) is 0. The summed E-state index contributed by atoms with van der Waals surface area (Å²) in [5, 5.41) is 4.69. The lowest BCUT2D eigenvalue weighted by Gasteiger charge is -2.24. The first kappa shape index (κ1) is 15.8. The van der Waals surface area contributed by atoms with Gasteiger partial charge in [0.2, 0.25) is 5.91 Å². The van der Waals surface area contributed by atoms with E-state index in [0.29, 0.717) is 13.0 Å². The standard InChI is InChI=1S/C17H22N4O2S/c22-17(21-6-2-7-23-21)9-14-10-19(13-16-18-4-8-24-16)12-15-3-1-5-20(15)11-14/h1,3-5,8,14H,2,6-7,9-13H2/t14-/m1/s1. The molecule has 24 heavy (non-hydrogen) atoms. The molecule has 0 aliphatic carbocycles. The van der Waals surface area contributed by atoms with Crippen LogP contribution in [0.2, 0.25) is 0 Å². The van der Waals surface area contributed by atoms with Crippen molar-refractivity contribution in [3.63, 3.8) is 0 Å². The lowest BCUT2D eigenvalue weighted by Crippen LogP contribution is -2.33. The monoisotopic (exact) mass is 346 g/mol. The highest BCUT2D eigenvalue weighted by atomic mass is 32.1. The summed E-state index contributed by atoms with van der Waals surface area (Å²) in [5.74, 6) is 0.401. The topological polar surface area (TPSA) is 50.6 Å². The molecule has 7 heteroatoms. The number of amides is 1. The normalized spacial score (nSPS) is 21.7. The van der Waals surface area contributed by atoms with Crippen molar-refractivity contribution < 1.29 is 9.63 Å². The van der Waals surface area contributed by atoms with Crippen LogP contribution in [0.1, 0.15) is 23.5 Å². The smallest absolute Gasteiger partial charge is 0.246 e. The van der Waals surface area contributed by atoms with Gasteiger partial charge in [0.1, 0.15) is 5.01 Å². The Morgan fingerprint density at radius 2 is 2.38 bits per heavy atom. The first-order valence-electron chi connectivity index (χ1n) is 8.46. The zero-order valence-electron chi connectivity index (χ0n) is 13.6. The average Bonchev–Trinajstić information content (AvgIpc) is 3.29. The van der Waals surface area contributed by atoms with Crippen LogP contribution in [-0.4, -0.2) is 45.1 Å². The molecule has 1 amide bonds. The second kappa shape index (κ2) is 7.04. The third-order valence-corrected chi connectivity index (χ3v) is 5.38. The number of thiazole rings is 1. The van der Waals surface area contributed by atoms with Crippen LogP contribution in [0.4, 0.5) is 0 Å². The lowest BCUT2D eigenvalue weighted by molar-refractivity contribution is -0.170. The first-order valence-corrected chi connectivity index (χ1v) is 9.34. The summed E-state index contributed by atoms with van der Waals surface area (Å²) in [7, 11) is 0. The molecule has 0 aromatic carbocycles. The Morgan fingerprint density at radius 1 is 1.42 bits per heavy atom. The SMILES string of the molecule is O=C(C[C@@H]1CN(Cc2nccs2)Cc2cccn2C1)N1CCCO1. The molecule has 6 nitrogen and oxygen atoms in total. The molecule has 2 aromatic heterocycles. The minimum Gasteiger partial charge on any atom is -0.350 e. The van der Waals surface area contributed by atoms with Gasteiger partial charge < -0.3 is 4.57 Å². The minimum absolute atomic E-state index is 0.113. The summed E-state index contributed by atoms with van der Waals surface area (Å²) in [6.07, 6.45) is 5.44. The van der Waals surface area contributed by atoms with Crippen LogP contribution >= 0.6 is 11.3 Å². The number of fused-ring (bicyclic) bond motifs is 1. The number of hydrogen-bond acceptors (Lipinski definition) is 5. The maximum absolute atomic E-state index is 12.5. The van der Waals surface area contributed by atoms with Crippen LogP contribution < -0.4 is 0 Å². The van der Waals surface area contributed by atoms with Crippen LogP contribution in [-0.2, 0) is 29.3 Å². The molecule has 2 aliphatic heterocycles. The number of rotatable bonds is 4. The Kier molecular flexibility index (Phi) is 4.64. The molecule has 1 atom stereocenters. The number of aromatic nitrogens is 2. The third-order valence-electron chi connectivity index (χ3n) is 4.62. The van der Waals surface area contributed by atoms with Gasteiger partial charge in [-0.25, -0.2) is 10.0 Å². The molecule has 4 heterocycles. The molecule has 1 saturated heterocycles. The minimum atomic E-state index is 0.113. The molecule has 0 spiro atoms. The molecule has 0 saturated carbocycles. The molecule has 1 fully saturated rings. The Labute approximate surface area is 145 Å². The summed E-state index contributed by atoms with van der Waals surface area (Å²) < 4.78 is 2.28. The van der Waals surface area contributed by atoms with Crippen molar-refractivity contribution in [1.29, 1.82) is 0 Å². The number of carbonyl (C=O) groups is 1. The zero-order valence-corrected chi connectivity index (χ0v) is 14.5. The molecule has 0 bridgehead atoms. The summed E-state index contributed by atoms with van der Waals surface area (Å²) >= 11 is 1.69. The van der Waals surface area contributed by atoms with E-state index in [9.17, 15) is 4.79 Å². The Bertz CT molecular complexity index is 679. The van der Waals surface area contributed by atoms with Gasteiger partial charge in [-0.2, -0.15) is 0 Å². The summed E-state index contributed by atoms with van der Waals surface area (Å²) in [4.78, 5) is 24.7. The van der Waals surface area contributed by atoms with Crippen LogP contribution in [0.15, 0.2) is 29.9 Å². The fraction of sp³-hybridized carbons (Fsp3) is 0.529. The predicted octanol–water partition coefficient (Wildman–Crippen LogP) is 2.13. The van der Waals surface area contributed by atoms with Crippen LogP contribution in [0.5, 0.6) is 0 Å². The molecule has 128 valence electrons. The fourth-order valence-electron chi connectivity index (χ4n) is 3.53. The van der Waals surface area contributed by atoms with E-state index in [1.54, 1.807) is 16.4 Å². The van der Waals surface area contributed by atoms with Crippen molar-refractivity contribution in [1.82, 2.24) is 19.5 Å². The number of hydroxylamine groups is 2. The molecular weight excluding hydrogens is 324 g/mol. The van der Waals surface area contributed by atoms with Gasteiger partial charge in [-0.3, -0.25) is 14.5 Å². The van der Waals surface area contributed by atoms with Crippen LogP contribution in [0.25, 0.3) is 0 Å². The van der Waals surface area contributed by atoms with Gasteiger partial charge in [0.15, 0.2) is 0 Å². The van der Waals surface area contributed by atoms with E-state index in [1.807, 2.05) is 11.6 Å². The van der Waals surface area contributed by atoms with Gasteiger partial charge in [0.05, 0.1) is 19.7 Å². The second-order valence-corrected chi connectivity index (χ2v) is 7.48. The van der Waals surface area contributed by atoms with Crippen molar-refractivity contribution in [3.8, 4) is 0 Å². The highest BCUT2D eigenvalue weighted by Crippen LogP contribution is 2.23. The molecule has 2 aromatic rings. The Balaban J connectivity index is 1.47. The second-order valence-electron chi connectivity index (χ2n) is 6.50. The van der Waals surface area contributed by atoms with Crippen LogP contribution in [0.3, 0.4) is 0 Å². The molecule has 0 N–H and O–H groups in total. The first-order chi connectivity index (χ1) is 11.8. The summed E-state index contributed by atoms with van der Waals surface area (Å²) in [6, 6.07) is 4.26. The van der Waals surface area contributed by atoms with Crippen molar-refractivity contribution in [2.24, 2.45) is 5.92 Å². The van der Waals surface area contributed by atoms with Crippen molar-refractivity contribution >= 4 is 17.2 Å². The maximum atomic E-state index is 12.5. The van der Waals surface area contributed by atoms with Crippen molar-refractivity contribution in [2.45, 2.75) is 32.5 Å². The Hall–Kier alpha value is -1.70. The number of carbonyl (C=O) groups excluding carboxylic acids is 1. The van der Waals surface area contributed by atoms with Gasteiger partial charge in [0.25, 0.3) is 0 Å². The molecular formula is C17H22N4O2S. The fourth-order valence-corrected chi connectivity index (χ4v) is 4.19. The van der Waals surface area contributed by atoms with Gasteiger partial charge in [-0.05, 0) is 24.5 Å². The van der Waals surface area contributed by atoms with E-state index in [1.165, 1.54) is 5.69 Å². The average molecular weight is 346 g/mol. The van der Waals surface area contributed by atoms with Crippen LogP contribution in [0, 0.1) is 5.92 Å². The van der Waals surface area contributed by atoms with Gasteiger partial charge in [0, 0.05) is 49.5 Å². The molecule has 4 rings (SSSR count). The van der Waals surface area contributed by atoms with Crippen molar-refractivity contribution in [3.05, 3.63) is 40.6 Å². The third kappa shape index (κ3) is 3.53. The molecule has 0 radical (unpaired) electrons. The quantitative estimate of drug-likeness (QED) is 0.851. The largest absolute Gasteiger partial charge is 0.350 e. The lowest BCUT2D eigenvalue weighted by atomic mass is 10.0. The maximum Gasteiger partial charge on any atom is 0.246 e. The van der Waals surface area contributed by atoms with Gasteiger partial charge in [-0.15, -0.1) is 11.3 Å². The zero-order chi connectivity index (χ0) is 16.4. The molecule has 0 unspecified atom stereocenters. The van der Waals surface area contributed by atoms with E-state index >= 15 is 0 Å². The van der Waals surface area contributed by atoms with E-state index in [4.69, 9.17) is 4.84 Å². The highest BCUT2D eigenvalue weighted by molar-refractivity contribution is 7.09. The summed E-state index contributed by atoms with van der Waals surface area (Å²) in [5.41, 5.74) is 1.30. The van der Waals surface area contributed by atoms with E-state index in [2.05, 4.69) is 32.8 Å². The van der Waals surface area contributed by atoms with E-state index < -0.39 is 0 Å². The Morgan fingerprint density at radius 3 is 3.17 bits per heavy atom.